The SMILES string of the molecule is O=C(O)CC1OCN(c2cccc(C(F)(F)F)c2)C1=O. The summed E-state index contributed by atoms with van der Waals surface area (Å²) in [5.74, 6) is -1.87. The van der Waals surface area contributed by atoms with E-state index in [1.54, 1.807) is 0 Å². The quantitative estimate of drug-likeness (QED) is 0.922. The van der Waals surface area contributed by atoms with Crippen LogP contribution in [0.4, 0.5) is 18.9 Å². The van der Waals surface area contributed by atoms with Gasteiger partial charge in [0.1, 0.15) is 12.8 Å². The molecule has 2 rings (SSSR count). The number of halogens is 3. The van der Waals surface area contributed by atoms with Crippen molar-refractivity contribution in [3.63, 3.8) is 0 Å². The molecule has 0 spiro atoms. The number of amides is 1. The molecule has 0 aromatic heterocycles. The number of aliphatic carboxylic acids is 1. The van der Waals surface area contributed by atoms with E-state index >= 15 is 0 Å². The summed E-state index contributed by atoms with van der Waals surface area (Å²) in [6, 6.07) is 4.22. The lowest BCUT2D eigenvalue weighted by Crippen LogP contribution is -2.30. The van der Waals surface area contributed by atoms with Gasteiger partial charge < -0.3 is 9.84 Å². The van der Waals surface area contributed by atoms with Crippen molar-refractivity contribution in [2.24, 2.45) is 0 Å². The highest BCUT2D eigenvalue weighted by molar-refractivity contribution is 5.99. The molecule has 1 atom stereocenters. The van der Waals surface area contributed by atoms with E-state index in [9.17, 15) is 22.8 Å². The zero-order valence-corrected chi connectivity index (χ0v) is 10.1. The Balaban J connectivity index is 2.21. The molecule has 1 amide bonds. The average molecular weight is 289 g/mol. The number of carboxylic acids is 1. The zero-order chi connectivity index (χ0) is 14.9. The lowest BCUT2D eigenvalue weighted by molar-refractivity contribution is -0.142. The highest BCUT2D eigenvalue weighted by atomic mass is 19.4. The van der Waals surface area contributed by atoms with Crippen molar-refractivity contribution in [2.45, 2.75) is 18.7 Å². The molecule has 8 heteroatoms. The minimum Gasteiger partial charge on any atom is -0.481 e. The van der Waals surface area contributed by atoms with E-state index in [0.29, 0.717) is 0 Å². The predicted octanol–water partition coefficient (Wildman–Crippen LogP) is 1.87. The monoisotopic (exact) mass is 289 g/mol. The molecule has 20 heavy (non-hydrogen) atoms. The van der Waals surface area contributed by atoms with Gasteiger partial charge in [-0.3, -0.25) is 14.5 Å². The van der Waals surface area contributed by atoms with Crippen LogP contribution in [0.1, 0.15) is 12.0 Å². The topological polar surface area (TPSA) is 66.8 Å². The van der Waals surface area contributed by atoms with Crippen LogP contribution in [0.15, 0.2) is 24.3 Å². The van der Waals surface area contributed by atoms with Gasteiger partial charge in [-0.25, -0.2) is 0 Å². The Morgan fingerprint density at radius 2 is 2.15 bits per heavy atom. The van der Waals surface area contributed by atoms with Crippen molar-refractivity contribution in [1.29, 1.82) is 0 Å². The Hall–Kier alpha value is -2.09. The van der Waals surface area contributed by atoms with Gasteiger partial charge in [0.25, 0.3) is 5.91 Å². The van der Waals surface area contributed by atoms with Gasteiger partial charge >= 0.3 is 12.1 Å². The van der Waals surface area contributed by atoms with Crippen LogP contribution in [-0.2, 0) is 20.5 Å². The molecule has 1 unspecified atom stereocenters. The van der Waals surface area contributed by atoms with E-state index < -0.39 is 36.1 Å². The lowest BCUT2D eigenvalue weighted by Gasteiger charge is -2.16. The fourth-order valence-corrected chi connectivity index (χ4v) is 1.83. The number of rotatable bonds is 3. The summed E-state index contributed by atoms with van der Waals surface area (Å²) < 4.78 is 42.7. The van der Waals surface area contributed by atoms with Gasteiger partial charge in [-0.05, 0) is 18.2 Å². The van der Waals surface area contributed by atoms with E-state index in [4.69, 9.17) is 9.84 Å². The number of hydrogen-bond donors (Lipinski definition) is 1. The third kappa shape index (κ3) is 2.90. The van der Waals surface area contributed by atoms with Crippen LogP contribution < -0.4 is 4.90 Å². The van der Waals surface area contributed by atoms with Gasteiger partial charge in [-0.2, -0.15) is 13.2 Å². The second-order valence-electron chi connectivity index (χ2n) is 4.20. The molecular formula is C12H10F3NO4. The normalized spacial score (nSPS) is 19.4. The van der Waals surface area contributed by atoms with Crippen LogP contribution in [-0.4, -0.2) is 29.8 Å². The first-order valence-electron chi connectivity index (χ1n) is 5.61. The van der Waals surface area contributed by atoms with Gasteiger partial charge in [0.05, 0.1) is 12.0 Å². The Kier molecular flexibility index (Phi) is 3.67. The standard InChI is InChI=1S/C12H10F3NO4/c13-12(14,15)7-2-1-3-8(4-7)16-6-20-9(11(16)19)5-10(17)18/h1-4,9H,5-6H2,(H,17,18). The third-order valence-electron chi connectivity index (χ3n) is 2.79. The molecule has 5 nitrogen and oxygen atoms in total. The van der Waals surface area contributed by atoms with Crippen molar-refractivity contribution in [3.8, 4) is 0 Å². The number of ether oxygens (including phenoxy) is 1. The molecule has 1 aliphatic heterocycles. The first-order valence-corrected chi connectivity index (χ1v) is 5.61. The average Bonchev–Trinajstić information content (AvgIpc) is 2.69. The van der Waals surface area contributed by atoms with E-state index in [-0.39, 0.29) is 12.4 Å². The van der Waals surface area contributed by atoms with Crippen LogP contribution in [0.2, 0.25) is 0 Å². The first kappa shape index (κ1) is 14.3. The first-order chi connectivity index (χ1) is 9.29. The number of alkyl halides is 3. The number of anilines is 1. The fourth-order valence-electron chi connectivity index (χ4n) is 1.83. The van der Waals surface area contributed by atoms with Crippen LogP contribution in [0.3, 0.4) is 0 Å². The largest absolute Gasteiger partial charge is 0.481 e. The molecule has 1 aliphatic rings. The smallest absolute Gasteiger partial charge is 0.416 e. The molecule has 108 valence electrons. The Morgan fingerprint density at radius 1 is 1.45 bits per heavy atom. The molecular weight excluding hydrogens is 279 g/mol. The van der Waals surface area contributed by atoms with Gasteiger partial charge in [-0.1, -0.05) is 6.07 Å². The summed E-state index contributed by atoms with van der Waals surface area (Å²) >= 11 is 0. The summed E-state index contributed by atoms with van der Waals surface area (Å²) in [6.07, 6.45) is -6.20. The summed E-state index contributed by atoms with van der Waals surface area (Å²) in [7, 11) is 0. The molecule has 1 N–H and O–H groups in total. The molecule has 1 aromatic carbocycles. The van der Waals surface area contributed by atoms with Gasteiger partial charge in [0.15, 0.2) is 0 Å². The maximum absolute atomic E-state index is 12.6. The van der Waals surface area contributed by atoms with Crippen molar-refractivity contribution in [3.05, 3.63) is 29.8 Å². The minimum atomic E-state index is -4.51. The Bertz CT molecular complexity index is 544. The van der Waals surface area contributed by atoms with Crippen molar-refractivity contribution in [1.82, 2.24) is 0 Å². The van der Waals surface area contributed by atoms with E-state index in [2.05, 4.69) is 0 Å². The maximum Gasteiger partial charge on any atom is 0.416 e. The number of nitrogens with zero attached hydrogens (tertiary/aromatic N) is 1. The highest BCUT2D eigenvalue weighted by Gasteiger charge is 2.36. The molecule has 0 saturated carbocycles. The molecule has 0 bridgehead atoms. The molecule has 1 fully saturated rings. The number of benzene rings is 1. The van der Waals surface area contributed by atoms with Crippen LogP contribution in [0.5, 0.6) is 0 Å². The molecule has 1 saturated heterocycles. The Labute approximate surface area is 111 Å². The highest BCUT2D eigenvalue weighted by Crippen LogP contribution is 2.32. The molecule has 0 aliphatic carbocycles. The van der Waals surface area contributed by atoms with Crippen molar-refractivity contribution >= 4 is 17.6 Å². The number of carboxylic acid groups (broad SMARTS) is 1. The van der Waals surface area contributed by atoms with Crippen molar-refractivity contribution in [2.75, 3.05) is 11.6 Å². The van der Waals surface area contributed by atoms with E-state index in [0.717, 1.165) is 17.0 Å². The van der Waals surface area contributed by atoms with Crippen LogP contribution >= 0.6 is 0 Å². The molecule has 1 heterocycles. The molecule has 0 radical (unpaired) electrons. The zero-order valence-electron chi connectivity index (χ0n) is 10.1. The minimum absolute atomic E-state index is 0.0257. The Morgan fingerprint density at radius 3 is 2.75 bits per heavy atom. The summed E-state index contributed by atoms with van der Waals surface area (Å²) in [5, 5.41) is 8.60. The lowest BCUT2D eigenvalue weighted by atomic mass is 10.1. The second-order valence-corrected chi connectivity index (χ2v) is 4.20. The van der Waals surface area contributed by atoms with Gasteiger partial charge in [0.2, 0.25) is 0 Å². The van der Waals surface area contributed by atoms with Crippen LogP contribution in [0.25, 0.3) is 0 Å². The predicted molar refractivity (Wildman–Crippen MR) is 60.9 cm³/mol. The fraction of sp³-hybridized carbons (Fsp3) is 0.333. The summed E-state index contributed by atoms with van der Waals surface area (Å²) in [6.45, 7) is -0.266. The third-order valence-corrected chi connectivity index (χ3v) is 2.79. The number of carbonyl (C=O) groups is 2. The second kappa shape index (κ2) is 5.12. The molecule has 1 aromatic rings. The maximum atomic E-state index is 12.6. The number of hydrogen-bond acceptors (Lipinski definition) is 3. The van der Waals surface area contributed by atoms with Gasteiger partial charge in [-0.15, -0.1) is 0 Å². The van der Waals surface area contributed by atoms with E-state index in [1.807, 2.05) is 0 Å². The van der Waals surface area contributed by atoms with Gasteiger partial charge in [0, 0.05) is 5.69 Å². The summed E-state index contributed by atoms with van der Waals surface area (Å²) in [4.78, 5) is 23.4. The summed E-state index contributed by atoms with van der Waals surface area (Å²) in [5.41, 5.74) is -0.859. The van der Waals surface area contributed by atoms with Crippen LogP contribution in [0, 0.1) is 0 Å². The number of carbonyl (C=O) groups excluding carboxylic acids is 1. The van der Waals surface area contributed by atoms with E-state index in [1.165, 1.54) is 12.1 Å². The van der Waals surface area contributed by atoms with Crippen molar-refractivity contribution < 1.29 is 32.6 Å².